The van der Waals surface area contributed by atoms with Gasteiger partial charge < -0.3 is 20.5 Å². The number of urea groups is 1. The van der Waals surface area contributed by atoms with Crippen molar-refractivity contribution in [3.05, 3.63) is 29.8 Å². The fourth-order valence-corrected chi connectivity index (χ4v) is 3.94. The Hall–Kier alpha value is -4.49. The summed E-state index contributed by atoms with van der Waals surface area (Å²) in [5, 5.41) is 16.8. The van der Waals surface area contributed by atoms with Gasteiger partial charge in [0.2, 0.25) is 17.7 Å². The highest BCUT2D eigenvalue weighted by Crippen LogP contribution is 2.24. The number of rotatable bonds is 8. The zero-order chi connectivity index (χ0) is 26.4. The molecule has 2 aliphatic heterocycles. The van der Waals surface area contributed by atoms with Crippen LogP contribution < -0.4 is 16.1 Å². The molecule has 3 rings (SSSR count). The Morgan fingerprint density at radius 2 is 1.94 bits per heavy atom. The molecule has 14 heteroatoms. The standard InChI is InChI=1S/C22H26N6O8/c1-13(30)23-15-5-2-4-14(10-15)20(34)25-26-9-7-18(31)27-8-3-6-17(28(27)22(26)36)21(35)24-16(12-29)11-19(32)33/h2,4-5,10,12,16-17H,3,6-9,11H2,1H3,(H,23,30)(H,24,35)(H,25,34)(H,32,33). The van der Waals surface area contributed by atoms with Crippen LogP contribution in [0.3, 0.4) is 0 Å². The van der Waals surface area contributed by atoms with Crippen molar-refractivity contribution in [2.45, 2.75) is 44.7 Å². The highest BCUT2D eigenvalue weighted by atomic mass is 16.4. The summed E-state index contributed by atoms with van der Waals surface area (Å²) in [6.45, 7) is 1.32. The van der Waals surface area contributed by atoms with Crippen molar-refractivity contribution < 1.29 is 38.7 Å². The quantitative estimate of drug-likeness (QED) is 0.342. The molecule has 0 bridgehead atoms. The van der Waals surface area contributed by atoms with Crippen molar-refractivity contribution in [2.75, 3.05) is 18.4 Å². The van der Waals surface area contributed by atoms with Crippen LogP contribution in [-0.4, -0.2) is 87.2 Å². The molecule has 2 unspecified atom stereocenters. The number of aldehydes is 1. The van der Waals surface area contributed by atoms with Crippen LogP contribution in [-0.2, 0) is 24.0 Å². The minimum Gasteiger partial charge on any atom is -0.481 e. The van der Waals surface area contributed by atoms with Gasteiger partial charge in [-0.15, -0.1) is 0 Å². The fourth-order valence-electron chi connectivity index (χ4n) is 3.94. The predicted molar refractivity (Wildman–Crippen MR) is 122 cm³/mol. The van der Waals surface area contributed by atoms with Gasteiger partial charge in [0.1, 0.15) is 12.3 Å². The maximum atomic E-state index is 13.4. The van der Waals surface area contributed by atoms with Gasteiger partial charge in [-0.1, -0.05) is 6.07 Å². The summed E-state index contributed by atoms with van der Waals surface area (Å²) in [6, 6.07) is 2.66. The number of hydrazine groups is 2. The van der Waals surface area contributed by atoms with Gasteiger partial charge in [-0.2, -0.15) is 0 Å². The first-order valence-electron chi connectivity index (χ1n) is 11.2. The van der Waals surface area contributed by atoms with Crippen LogP contribution in [0.1, 0.15) is 43.0 Å². The molecule has 6 amide bonds. The van der Waals surface area contributed by atoms with E-state index in [1.807, 2.05) is 0 Å². The molecule has 2 atom stereocenters. The molecule has 2 saturated heterocycles. The van der Waals surface area contributed by atoms with Crippen molar-refractivity contribution in [1.29, 1.82) is 0 Å². The lowest BCUT2D eigenvalue weighted by molar-refractivity contribution is -0.155. The van der Waals surface area contributed by atoms with Crippen LogP contribution in [0.15, 0.2) is 24.3 Å². The number of fused-ring (bicyclic) bond motifs is 1. The van der Waals surface area contributed by atoms with Crippen molar-refractivity contribution in [1.82, 2.24) is 25.8 Å². The normalized spacial score (nSPS) is 18.5. The summed E-state index contributed by atoms with van der Waals surface area (Å²) in [4.78, 5) is 85.3. The number of nitrogens with one attached hydrogen (secondary N) is 3. The molecule has 0 spiro atoms. The molecule has 14 nitrogen and oxygen atoms in total. The van der Waals surface area contributed by atoms with Gasteiger partial charge >= 0.3 is 12.0 Å². The van der Waals surface area contributed by atoms with Crippen LogP contribution in [0.25, 0.3) is 0 Å². The molecule has 2 fully saturated rings. The average Bonchev–Trinajstić information content (AvgIpc) is 2.95. The van der Waals surface area contributed by atoms with E-state index in [1.165, 1.54) is 19.1 Å². The second-order valence-corrected chi connectivity index (χ2v) is 8.26. The summed E-state index contributed by atoms with van der Waals surface area (Å²) in [5.41, 5.74) is 2.95. The molecule has 2 aliphatic rings. The van der Waals surface area contributed by atoms with Crippen LogP contribution >= 0.6 is 0 Å². The van der Waals surface area contributed by atoms with E-state index in [-0.39, 0.29) is 43.7 Å². The maximum Gasteiger partial charge on any atom is 0.358 e. The minimum absolute atomic E-state index is 0.126. The predicted octanol–water partition coefficient (Wildman–Crippen LogP) is -0.518. The van der Waals surface area contributed by atoms with E-state index in [0.717, 1.165) is 15.0 Å². The van der Waals surface area contributed by atoms with Gasteiger partial charge in [-0.3, -0.25) is 29.4 Å². The summed E-state index contributed by atoms with van der Waals surface area (Å²) in [6.07, 6.45) is 0.0574. The van der Waals surface area contributed by atoms with E-state index < -0.39 is 48.2 Å². The van der Waals surface area contributed by atoms with E-state index in [9.17, 15) is 33.6 Å². The number of carboxylic acids is 1. The van der Waals surface area contributed by atoms with E-state index in [0.29, 0.717) is 12.1 Å². The third-order valence-electron chi connectivity index (χ3n) is 5.54. The molecule has 0 aliphatic carbocycles. The number of carboxylic acid groups (broad SMARTS) is 1. The Labute approximate surface area is 205 Å². The van der Waals surface area contributed by atoms with Gasteiger partial charge in [-0.05, 0) is 31.0 Å². The molecule has 1 aromatic carbocycles. The van der Waals surface area contributed by atoms with Crippen LogP contribution in [0.2, 0.25) is 0 Å². The first-order chi connectivity index (χ1) is 17.1. The summed E-state index contributed by atoms with van der Waals surface area (Å²) < 4.78 is 0. The Balaban J connectivity index is 1.80. The molecule has 36 heavy (non-hydrogen) atoms. The summed E-state index contributed by atoms with van der Waals surface area (Å²) in [5.74, 6) is -3.55. The number of benzene rings is 1. The van der Waals surface area contributed by atoms with Gasteiger partial charge in [-0.25, -0.2) is 19.8 Å². The second kappa shape index (κ2) is 11.3. The Kier molecular flexibility index (Phi) is 8.19. The number of anilines is 1. The number of hydrogen-bond acceptors (Lipinski definition) is 7. The number of nitrogens with zero attached hydrogens (tertiary/aromatic N) is 3. The van der Waals surface area contributed by atoms with Crippen LogP contribution in [0.5, 0.6) is 0 Å². The molecule has 1 aromatic rings. The third-order valence-corrected chi connectivity index (χ3v) is 5.54. The fraction of sp³-hybridized carbons (Fsp3) is 0.409. The van der Waals surface area contributed by atoms with Gasteiger partial charge in [0.05, 0.1) is 19.0 Å². The first-order valence-corrected chi connectivity index (χ1v) is 11.2. The minimum atomic E-state index is -1.31. The molecule has 0 saturated carbocycles. The first kappa shape index (κ1) is 26.1. The number of carbonyl (C=O) groups is 7. The zero-order valence-electron chi connectivity index (χ0n) is 19.4. The SMILES string of the molecule is CC(=O)Nc1cccc(C(=O)NN2CCC(=O)N3CCCC(C(=O)NC(C=O)CC(=O)O)N3C2=O)c1. The van der Waals surface area contributed by atoms with E-state index in [1.54, 1.807) is 12.1 Å². The van der Waals surface area contributed by atoms with Crippen molar-refractivity contribution >= 4 is 47.6 Å². The van der Waals surface area contributed by atoms with E-state index in [4.69, 9.17) is 5.11 Å². The van der Waals surface area contributed by atoms with Gasteiger partial charge in [0, 0.05) is 31.1 Å². The van der Waals surface area contributed by atoms with Gasteiger partial charge in [0.15, 0.2) is 0 Å². The van der Waals surface area contributed by atoms with E-state index in [2.05, 4.69) is 16.1 Å². The van der Waals surface area contributed by atoms with Gasteiger partial charge in [0.25, 0.3) is 5.91 Å². The zero-order valence-corrected chi connectivity index (χ0v) is 19.4. The highest BCUT2D eigenvalue weighted by molar-refractivity contribution is 5.98. The molecule has 4 N–H and O–H groups in total. The summed E-state index contributed by atoms with van der Waals surface area (Å²) in [7, 11) is 0. The molecule has 0 aromatic heterocycles. The average molecular weight is 502 g/mol. The van der Waals surface area contributed by atoms with Crippen molar-refractivity contribution in [3.63, 3.8) is 0 Å². The van der Waals surface area contributed by atoms with E-state index >= 15 is 0 Å². The Morgan fingerprint density at radius 3 is 2.61 bits per heavy atom. The lowest BCUT2D eigenvalue weighted by Gasteiger charge is -2.42. The largest absolute Gasteiger partial charge is 0.481 e. The lowest BCUT2D eigenvalue weighted by atomic mass is 10.1. The monoisotopic (exact) mass is 502 g/mol. The Bertz CT molecular complexity index is 1090. The van der Waals surface area contributed by atoms with Crippen LogP contribution in [0.4, 0.5) is 10.5 Å². The Morgan fingerprint density at radius 1 is 1.19 bits per heavy atom. The van der Waals surface area contributed by atoms with Crippen molar-refractivity contribution in [3.8, 4) is 0 Å². The van der Waals surface area contributed by atoms with Crippen LogP contribution in [0, 0.1) is 0 Å². The lowest BCUT2D eigenvalue weighted by Crippen LogP contribution is -2.64. The molecule has 192 valence electrons. The number of amides is 6. The number of carbonyl (C=O) groups excluding carboxylic acids is 6. The molecule has 0 radical (unpaired) electrons. The number of hydrogen-bond donors (Lipinski definition) is 4. The topological polar surface area (TPSA) is 186 Å². The number of aliphatic carboxylic acids is 1. The molecular formula is C22H26N6O8. The summed E-state index contributed by atoms with van der Waals surface area (Å²) >= 11 is 0. The van der Waals surface area contributed by atoms with Crippen molar-refractivity contribution in [2.24, 2.45) is 0 Å². The third kappa shape index (κ3) is 6.14. The second-order valence-electron chi connectivity index (χ2n) is 8.26. The highest BCUT2D eigenvalue weighted by Gasteiger charge is 2.44. The molecule has 2 heterocycles. The smallest absolute Gasteiger partial charge is 0.358 e. The molecular weight excluding hydrogens is 476 g/mol. The maximum absolute atomic E-state index is 13.4.